The third-order valence-corrected chi connectivity index (χ3v) is 3.47. The third kappa shape index (κ3) is 3.41. The Morgan fingerprint density at radius 1 is 1.60 bits per heavy atom. The number of hydrogen-bond acceptors (Lipinski definition) is 4. The SMILES string of the molecule is CC[C@H](C)[C@H](NC(=O)[C@H]1CS1)C(=O)OC. The molecule has 0 spiro atoms. The molecule has 1 N–H and O–H groups in total. The summed E-state index contributed by atoms with van der Waals surface area (Å²) in [4.78, 5) is 23.0. The van der Waals surface area contributed by atoms with Crippen LogP contribution in [0, 0.1) is 5.92 Å². The van der Waals surface area contributed by atoms with Crippen LogP contribution in [-0.2, 0) is 14.3 Å². The summed E-state index contributed by atoms with van der Waals surface area (Å²) in [5, 5.41) is 2.79. The van der Waals surface area contributed by atoms with Crippen molar-refractivity contribution in [2.24, 2.45) is 5.92 Å². The molecule has 1 amide bonds. The van der Waals surface area contributed by atoms with Gasteiger partial charge < -0.3 is 10.1 Å². The second-order valence-corrected chi connectivity index (χ2v) is 4.95. The Kier molecular flexibility index (Phi) is 4.45. The summed E-state index contributed by atoms with van der Waals surface area (Å²) in [6.07, 6.45) is 0.831. The predicted molar refractivity (Wildman–Crippen MR) is 59.6 cm³/mol. The molecule has 1 aliphatic heterocycles. The molecular weight excluding hydrogens is 214 g/mol. The molecule has 0 unspecified atom stereocenters. The zero-order valence-electron chi connectivity index (χ0n) is 9.28. The zero-order valence-corrected chi connectivity index (χ0v) is 10.1. The van der Waals surface area contributed by atoms with Gasteiger partial charge in [-0.15, -0.1) is 11.8 Å². The van der Waals surface area contributed by atoms with Crippen molar-refractivity contribution in [3.05, 3.63) is 0 Å². The van der Waals surface area contributed by atoms with Crippen LogP contribution >= 0.6 is 11.8 Å². The summed E-state index contributed by atoms with van der Waals surface area (Å²) in [6.45, 7) is 3.92. The van der Waals surface area contributed by atoms with Crippen molar-refractivity contribution in [3.63, 3.8) is 0 Å². The van der Waals surface area contributed by atoms with E-state index in [9.17, 15) is 9.59 Å². The molecule has 0 aromatic carbocycles. The number of carbonyl (C=O) groups excluding carboxylic acids is 2. The predicted octanol–water partition coefficient (Wildman–Crippen LogP) is 0.806. The molecule has 0 bridgehead atoms. The van der Waals surface area contributed by atoms with Gasteiger partial charge in [-0.25, -0.2) is 4.79 Å². The normalized spacial score (nSPS) is 22.7. The number of carbonyl (C=O) groups is 2. The molecule has 0 radical (unpaired) electrons. The van der Waals surface area contributed by atoms with Gasteiger partial charge in [-0.1, -0.05) is 20.3 Å². The van der Waals surface area contributed by atoms with Crippen LogP contribution in [0.3, 0.4) is 0 Å². The Morgan fingerprint density at radius 2 is 2.20 bits per heavy atom. The van der Waals surface area contributed by atoms with Crippen LogP contribution in [0.15, 0.2) is 0 Å². The summed E-state index contributed by atoms with van der Waals surface area (Å²) in [5.41, 5.74) is 0. The third-order valence-electron chi connectivity index (χ3n) is 2.59. The van der Waals surface area contributed by atoms with E-state index in [-0.39, 0.29) is 23.0 Å². The molecule has 1 rings (SSSR count). The minimum Gasteiger partial charge on any atom is -0.467 e. The smallest absolute Gasteiger partial charge is 0.328 e. The largest absolute Gasteiger partial charge is 0.467 e. The highest BCUT2D eigenvalue weighted by Crippen LogP contribution is 2.30. The first kappa shape index (κ1) is 12.4. The van der Waals surface area contributed by atoms with E-state index in [4.69, 9.17) is 0 Å². The van der Waals surface area contributed by atoms with E-state index in [0.717, 1.165) is 12.2 Å². The van der Waals surface area contributed by atoms with Crippen LogP contribution in [-0.4, -0.2) is 36.0 Å². The van der Waals surface area contributed by atoms with Gasteiger partial charge in [0.15, 0.2) is 0 Å². The van der Waals surface area contributed by atoms with Crippen molar-refractivity contribution in [1.29, 1.82) is 0 Å². The Morgan fingerprint density at radius 3 is 2.60 bits per heavy atom. The molecular formula is C10H17NO3S. The number of amides is 1. The van der Waals surface area contributed by atoms with E-state index in [1.54, 1.807) is 11.8 Å². The Balaban J connectivity index is 2.54. The molecule has 5 heteroatoms. The highest BCUT2D eigenvalue weighted by molar-refractivity contribution is 8.07. The minimum atomic E-state index is -0.506. The maximum Gasteiger partial charge on any atom is 0.328 e. The van der Waals surface area contributed by atoms with Crippen molar-refractivity contribution >= 4 is 23.6 Å². The number of ether oxygens (including phenoxy) is 1. The van der Waals surface area contributed by atoms with E-state index in [2.05, 4.69) is 10.1 Å². The average Bonchev–Trinajstić information content (AvgIpc) is 3.07. The Labute approximate surface area is 94.1 Å². The maximum atomic E-state index is 11.5. The monoisotopic (exact) mass is 231 g/mol. The molecule has 1 fully saturated rings. The van der Waals surface area contributed by atoms with Crippen molar-refractivity contribution in [3.8, 4) is 0 Å². The van der Waals surface area contributed by atoms with E-state index in [1.807, 2.05) is 13.8 Å². The standard InChI is InChI=1S/C10H17NO3S/c1-4-6(2)8(10(13)14-3)11-9(12)7-5-15-7/h6-8H,4-5H2,1-3H3,(H,11,12)/t6-,7+,8-/m0/s1. The van der Waals surface area contributed by atoms with Gasteiger partial charge in [-0.05, 0) is 5.92 Å². The van der Waals surface area contributed by atoms with Crippen molar-refractivity contribution in [2.75, 3.05) is 12.9 Å². The lowest BCUT2D eigenvalue weighted by Gasteiger charge is -2.21. The second-order valence-electron chi connectivity index (χ2n) is 3.72. The van der Waals surface area contributed by atoms with Crippen LogP contribution in [0.4, 0.5) is 0 Å². The lowest BCUT2D eigenvalue weighted by molar-refractivity contribution is -0.146. The van der Waals surface area contributed by atoms with Crippen molar-refractivity contribution in [1.82, 2.24) is 5.32 Å². The van der Waals surface area contributed by atoms with Crippen LogP contribution in [0.2, 0.25) is 0 Å². The first-order valence-electron chi connectivity index (χ1n) is 5.10. The summed E-state index contributed by atoms with van der Waals surface area (Å²) in [6, 6.07) is -0.506. The molecule has 1 aliphatic rings. The fraction of sp³-hybridized carbons (Fsp3) is 0.800. The fourth-order valence-electron chi connectivity index (χ4n) is 1.24. The quantitative estimate of drug-likeness (QED) is 0.562. The van der Waals surface area contributed by atoms with Gasteiger partial charge in [0, 0.05) is 5.75 Å². The average molecular weight is 231 g/mol. The summed E-state index contributed by atoms with van der Waals surface area (Å²) >= 11 is 1.59. The minimum absolute atomic E-state index is 0.0428. The van der Waals surface area contributed by atoms with Crippen LogP contribution < -0.4 is 5.32 Å². The van der Waals surface area contributed by atoms with E-state index < -0.39 is 6.04 Å². The number of nitrogens with one attached hydrogen (secondary N) is 1. The van der Waals surface area contributed by atoms with E-state index in [1.165, 1.54) is 7.11 Å². The number of rotatable bonds is 5. The van der Waals surface area contributed by atoms with E-state index in [0.29, 0.717) is 0 Å². The fourth-order valence-corrected chi connectivity index (χ4v) is 1.71. The number of hydrogen-bond donors (Lipinski definition) is 1. The highest BCUT2D eigenvalue weighted by Gasteiger charge is 2.35. The van der Waals surface area contributed by atoms with Crippen molar-refractivity contribution in [2.45, 2.75) is 31.6 Å². The van der Waals surface area contributed by atoms with Gasteiger partial charge in [0.1, 0.15) is 6.04 Å². The van der Waals surface area contributed by atoms with Gasteiger partial charge in [0.25, 0.3) is 0 Å². The summed E-state index contributed by atoms with van der Waals surface area (Å²) in [7, 11) is 1.34. The maximum absolute atomic E-state index is 11.5. The molecule has 4 nitrogen and oxygen atoms in total. The first-order chi connectivity index (χ1) is 7.10. The molecule has 0 saturated carbocycles. The molecule has 0 aliphatic carbocycles. The topological polar surface area (TPSA) is 55.4 Å². The molecule has 1 heterocycles. The second kappa shape index (κ2) is 5.39. The van der Waals surface area contributed by atoms with Crippen LogP contribution in [0.5, 0.6) is 0 Å². The van der Waals surface area contributed by atoms with Crippen molar-refractivity contribution < 1.29 is 14.3 Å². The highest BCUT2D eigenvalue weighted by atomic mass is 32.2. The molecule has 0 aromatic rings. The Bertz CT molecular complexity index is 253. The van der Waals surface area contributed by atoms with Gasteiger partial charge in [0.2, 0.25) is 5.91 Å². The number of methoxy groups -OCH3 is 1. The molecule has 86 valence electrons. The number of thioether (sulfide) groups is 1. The van der Waals surface area contributed by atoms with Crippen LogP contribution in [0.1, 0.15) is 20.3 Å². The molecule has 3 atom stereocenters. The molecule has 1 saturated heterocycles. The van der Waals surface area contributed by atoms with Gasteiger partial charge in [0.05, 0.1) is 12.4 Å². The zero-order chi connectivity index (χ0) is 11.4. The summed E-state index contributed by atoms with van der Waals surface area (Å²) in [5.74, 6) is 0.560. The van der Waals surface area contributed by atoms with Gasteiger partial charge in [-0.2, -0.15) is 0 Å². The summed E-state index contributed by atoms with van der Waals surface area (Å²) < 4.78 is 4.68. The van der Waals surface area contributed by atoms with E-state index >= 15 is 0 Å². The lowest BCUT2D eigenvalue weighted by Crippen LogP contribution is -2.47. The molecule has 0 aromatic heterocycles. The Hall–Kier alpha value is -0.710. The van der Waals surface area contributed by atoms with Gasteiger partial charge in [-0.3, -0.25) is 4.79 Å². The first-order valence-corrected chi connectivity index (χ1v) is 6.14. The lowest BCUT2D eigenvalue weighted by atomic mass is 9.99. The number of esters is 1. The van der Waals surface area contributed by atoms with Gasteiger partial charge >= 0.3 is 5.97 Å². The molecule has 15 heavy (non-hydrogen) atoms. The van der Waals surface area contributed by atoms with Crippen LogP contribution in [0.25, 0.3) is 0 Å².